The van der Waals surface area contributed by atoms with Crippen LogP contribution in [0.3, 0.4) is 0 Å². The number of carboxylic acids is 1. The van der Waals surface area contributed by atoms with Gasteiger partial charge in [-0.15, -0.1) is 0 Å². The van der Waals surface area contributed by atoms with E-state index in [0.717, 1.165) is 16.5 Å². The summed E-state index contributed by atoms with van der Waals surface area (Å²) in [6.45, 7) is 7.57. The maximum Gasteiger partial charge on any atom is 0.326 e. The highest BCUT2D eigenvalue weighted by molar-refractivity contribution is 5.94. The minimum atomic E-state index is -1.17. The van der Waals surface area contributed by atoms with Gasteiger partial charge in [0, 0.05) is 23.6 Å². The van der Waals surface area contributed by atoms with Crippen LogP contribution in [0.1, 0.15) is 58.9 Å². The van der Waals surface area contributed by atoms with Crippen LogP contribution in [0.25, 0.3) is 10.9 Å². The van der Waals surface area contributed by atoms with Gasteiger partial charge >= 0.3 is 5.97 Å². The molecule has 13 heteroatoms. The van der Waals surface area contributed by atoms with Gasteiger partial charge in [0.15, 0.2) is 5.96 Å². The Morgan fingerprint density at radius 3 is 2.24 bits per heavy atom. The van der Waals surface area contributed by atoms with Crippen LogP contribution in [-0.2, 0) is 25.6 Å². The molecule has 11 N–H and O–H groups in total. The summed E-state index contributed by atoms with van der Waals surface area (Å²) in [4.78, 5) is 58.7. The molecule has 0 saturated carbocycles. The van der Waals surface area contributed by atoms with Crippen LogP contribution in [0.4, 0.5) is 0 Å². The number of aliphatic imine (C=N–C) groups is 1. The second kappa shape index (κ2) is 16.3. The van der Waals surface area contributed by atoms with Crippen LogP contribution in [0, 0.1) is 11.8 Å². The lowest BCUT2D eigenvalue weighted by Crippen LogP contribution is -2.58. The lowest BCUT2D eigenvalue weighted by Gasteiger charge is -2.27. The van der Waals surface area contributed by atoms with Crippen LogP contribution >= 0.6 is 0 Å². The van der Waals surface area contributed by atoms with Gasteiger partial charge < -0.3 is 43.2 Å². The number of carboxylic acid groups (broad SMARTS) is 1. The number of nitrogens with one attached hydrogen (secondary N) is 4. The van der Waals surface area contributed by atoms with E-state index in [1.165, 1.54) is 0 Å². The van der Waals surface area contributed by atoms with E-state index in [4.69, 9.17) is 17.2 Å². The zero-order valence-electron chi connectivity index (χ0n) is 24.9. The molecular weight excluding hydrogens is 540 g/mol. The van der Waals surface area contributed by atoms with E-state index in [0.29, 0.717) is 19.3 Å². The number of nitrogens with two attached hydrogens (primary N) is 3. The Hall–Kier alpha value is -4.13. The number of rotatable bonds is 17. The number of amides is 3. The van der Waals surface area contributed by atoms with Crippen LogP contribution in [0.15, 0.2) is 35.5 Å². The van der Waals surface area contributed by atoms with Crippen LogP contribution in [0.5, 0.6) is 0 Å². The number of hydrogen-bond donors (Lipinski definition) is 8. The zero-order valence-corrected chi connectivity index (χ0v) is 24.9. The van der Waals surface area contributed by atoms with Crippen LogP contribution in [-0.4, -0.2) is 70.5 Å². The van der Waals surface area contributed by atoms with Crippen molar-refractivity contribution in [2.45, 2.75) is 84.0 Å². The number of aromatic amines is 1. The fraction of sp³-hybridized carbons (Fsp3) is 0.552. The average Bonchev–Trinajstić information content (AvgIpc) is 3.34. The standard InChI is InChI=1S/C29H46N8O5/c1-5-17(4)24(28(41)42)37-26(39)22(11-8-12-33-29(31)32)35-27(40)23(13-16(2)3)36-25(38)20(30)14-18-15-34-21-10-7-6-9-19(18)21/h6-7,9-10,15-17,20,22-24,34H,5,8,11-14,30H2,1-4H3,(H,35,40)(H,36,38)(H,37,39)(H,41,42)(H4,31,32,33). The molecule has 1 aromatic heterocycles. The predicted octanol–water partition coefficient (Wildman–Crippen LogP) is 0.723. The van der Waals surface area contributed by atoms with E-state index in [-0.39, 0.29) is 37.2 Å². The van der Waals surface area contributed by atoms with Crippen molar-refractivity contribution < 1.29 is 24.3 Å². The molecule has 2 rings (SSSR count). The zero-order chi connectivity index (χ0) is 31.4. The fourth-order valence-electron chi connectivity index (χ4n) is 4.59. The first-order valence-corrected chi connectivity index (χ1v) is 14.3. The topological polar surface area (TPSA) is 231 Å². The number of hydrogen-bond acceptors (Lipinski definition) is 6. The van der Waals surface area contributed by atoms with Crippen molar-refractivity contribution in [2.75, 3.05) is 6.54 Å². The number of fused-ring (bicyclic) bond motifs is 1. The molecule has 3 amide bonds. The fourth-order valence-corrected chi connectivity index (χ4v) is 4.59. The van der Waals surface area contributed by atoms with E-state index >= 15 is 0 Å². The van der Waals surface area contributed by atoms with Gasteiger partial charge in [-0.25, -0.2) is 4.79 Å². The Morgan fingerprint density at radius 2 is 1.62 bits per heavy atom. The minimum absolute atomic E-state index is 0.0295. The third-order valence-corrected chi connectivity index (χ3v) is 7.15. The number of carbonyl (C=O) groups excluding carboxylic acids is 3. The van der Waals surface area contributed by atoms with Gasteiger partial charge in [0.05, 0.1) is 6.04 Å². The maximum absolute atomic E-state index is 13.5. The number of carbonyl (C=O) groups is 4. The van der Waals surface area contributed by atoms with Gasteiger partial charge in [-0.3, -0.25) is 19.4 Å². The highest BCUT2D eigenvalue weighted by Gasteiger charge is 2.32. The maximum atomic E-state index is 13.5. The van der Waals surface area contributed by atoms with Crippen molar-refractivity contribution in [3.8, 4) is 0 Å². The van der Waals surface area contributed by atoms with Gasteiger partial charge in [-0.2, -0.15) is 0 Å². The quantitative estimate of drug-likeness (QED) is 0.0746. The van der Waals surface area contributed by atoms with Gasteiger partial charge in [0.2, 0.25) is 17.7 Å². The highest BCUT2D eigenvalue weighted by atomic mass is 16.4. The first kappa shape index (κ1) is 34.1. The molecule has 1 aromatic carbocycles. The SMILES string of the molecule is CCC(C)C(NC(=O)C(CCCN=C(N)N)NC(=O)C(CC(C)C)NC(=O)C(N)Cc1c[nH]c2ccccc12)C(=O)O. The van der Waals surface area contributed by atoms with Crippen molar-refractivity contribution in [3.63, 3.8) is 0 Å². The van der Waals surface area contributed by atoms with Gasteiger partial charge in [-0.05, 0) is 49.1 Å². The molecule has 0 aliphatic carbocycles. The van der Waals surface area contributed by atoms with E-state index in [1.807, 2.05) is 51.2 Å². The summed E-state index contributed by atoms with van der Waals surface area (Å²) in [7, 11) is 0. The smallest absolute Gasteiger partial charge is 0.326 e. The molecule has 0 aliphatic heterocycles. The largest absolute Gasteiger partial charge is 0.480 e. The van der Waals surface area contributed by atoms with Crippen molar-refractivity contribution in [3.05, 3.63) is 36.0 Å². The predicted molar refractivity (Wildman–Crippen MR) is 162 cm³/mol. The molecule has 0 aliphatic rings. The first-order valence-electron chi connectivity index (χ1n) is 14.3. The minimum Gasteiger partial charge on any atom is -0.480 e. The molecule has 1 heterocycles. The number of aliphatic carboxylic acids is 1. The Balaban J connectivity index is 2.17. The third-order valence-electron chi connectivity index (χ3n) is 7.15. The lowest BCUT2D eigenvalue weighted by molar-refractivity contribution is -0.144. The molecule has 0 fully saturated rings. The number of benzene rings is 1. The summed E-state index contributed by atoms with van der Waals surface area (Å²) in [5.74, 6) is -3.31. The van der Waals surface area contributed by atoms with Crippen LogP contribution < -0.4 is 33.2 Å². The van der Waals surface area contributed by atoms with Crippen molar-refractivity contribution >= 4 is 40.6 Å². The first-order chi connectivity index (χ1) is 19.8. The number of para-hydroxylation sites is 1. The molecule has 0 bridgehead atoms. The van der Waals surface area contributed by atoms with Gasteiger partial charge in [0.1, 0.15) is 18.1 Å². The second-order valence-corrected chi connectivity index (χ2v) is 11.1. The molecule has 0 spiro atoms. The molecule has 42 heavy (non-hydrogen) atoms. The number of aromatic nitrogens is 1. The Labute approximate surface area is 246 Å². The number of nitrogens with zero attached hydrogens (tertiary/aromatic N) is 1. The van der Waals surface area contributed by atoms with E-state index < -0.39 is 47.9 Å². The number of guanidine groups is 1. The van der Waals surface area contributed by atoms with Crippen LogP contribution in [0.2, 0.25) is 0 Å². The summed E-state index contributed by atoms with van der Waals surface area (Å²) < 4.78 is 0. The van der Waals surface area contributed by atoms with E-state index in [1.54, 1.807) is 6.92 Å². The Bertz CT molecular complexity index is 1240. The molecule has 5 unspecified atom stereocenters. The summed E-state index contributed by atoms with van der Waals surface area (Å²) in [6, 6.07) is 3.58. The molecule has 5 atom stereocenters. The molecule has 13 nitrogen and oxygen atoms in total. The average molecular weight is 587 g/mol. The van der Waals surface area contributed by atoms with E-state index in [9.17, 15) is 24.3 Å². The monoisotopic (exact) mass is 586 g/mol. The molecule has 2 aromatic rings. The summed E-state index contributed by atoms with van der Waals surface area (Å²) in [5.41, 5.74) is 18.8. The summed E-state index contributed by atoms with van der Waals surface area (Å²) in [6.07, 6.45) is 3.38. The molecular formula is C29H46N8O5. The van der Waals surface area contributed by atoms with Gasteiger partial charge in [0.25, 0.3) is 0 Å². The third kappa shape index (κ3) is 10.4. The van der Waals surface area contributed by atoms with Gasteiger partial charge in [-0.1, -0.05) is 52.3 Å². The Morgan fingerprint density at radius 1 is 0.976 bits per heavy atom. The van der Waals surface area contributed by atoms with Crippen molar-refractivity contribution in [2.24, 2.45) is 34.0 Å². The Kier molecular flexibility index (Phi) is 13.3. The summed E-state index contributed by atoms with van der Waals surface area (Å²) >= 11 is 0. The summed E-state index contributed by atoms with van der Waals surface area (Å²) in [5, 5.41) is 18.6. The van der Waals surface area contributed by atoms with Crippen molar-refractivity contribution in [1.29, 1.82) is 0 Å². The number of H-pyrrole nitrogens is 1. The highest BCUT2D eigenvalue weighted by Crippen LogP contribution is 2.19. The molecule has 0 saturated heterocycles. The van der Waals surface area contributed by atoms with Crippen molar-refractivity contribution in [1.82, 2.24) is 20.9 Å². The second-order valence-electron chi connectivity index (χ2n) is 11.1. The van der Waals surface area contributed by atoms with E-state index in [2.05, 4.69) is 25.9 Å². The molecule has 0 radical (unpaired) electrons. The molecule has 232 valence electrons. The normalized spacial score (nSPS) is 14.8. The lowest BCUT2D eigenvalue weighted by atomic mass is 9.98.